The van der Waals surface area contributed by atoms with Gasteiger partial charge in [-0.2, -0.15) is 0 Å². The number of fused-ring (bicyclic) bond motifs is 2. The van der Waals surface area contributed by atoms with Gasteiger partial charge in [0.1, 0.15) is 23.3 Å². The van der Waals surface area contributed by atoms with Gasteiger partial charge in [-0.15, -0.1) is 0 Å². The van der Waals surface area contributed by atoms with Gasteiger partial charge >= 0.3 is 5.97 Å². The summed E-state index contributed by atoms with van der Waals surface area (Å²) >= 11 is 0. The Morgan fingerprint density at radius 2 is 1.94 bits per heavy atom. The molecule has 0 bridgehead atoms. The zero-order chi connectivity index (χ0) is 25.7. The quantitative estimate of drug-likeness (QED) is 0.381. The van der Waals surface area contributed by atoms with Crippen molar-refractivity contribution in [2.45, 2.75) is 51.4 Å². The number of amides is 1. The molecule has 0 aliphatic carbocycles. The number of aromatic nitrogens is 3. The van der Waals surface area contributed by atoms with Crippen LogP contribution in [0.15, 0.2) is 30.6 Å². The highest BCUT2D eigenvalue weighted by molar-refractivity contribution is 5.93. The van der Waals surface area contributed by atoms with Crippen LogP contribution in [-0.4, -0.2) is 64.1 Å². The molecular weight excluding hydrogens is 460 g/mol. The summed E-state index contributed by atoms with van der Waals surface area (Å²) in [6.45, 7) is 8.99. The normalized spacial score (nSPS) is 17.2. The average molecular weight is 491 g/mol. The van der Waals surface area contributed by atoms with Crippen molar-refractivity contribution >= 4 is 34.8 Å². The minimum absolute atomic E-state index is 0.0949. The monoisotopic (exact) mass is 490 g/mol. The Morgan fingerprint density at radius 3 is 2.67 bits per heavy atom. The van der Waals surface area contributed by atoms with Crippen molar-refractivity contribution in [3.63, 3.8) is 0 Å². The number of likely N-dealkylation sites (tertiary alicyclic amines) is 1. The number of pyridine rings is 3. The second kappa shape index (κ2) is 8.70. The summed E-state index contributed by atoms with van der Waals surface area (Å²) in [5, 5.41) is 8.34. The molecule has 10 nitrogen and oxygen atoms in total. The van der Waals surface area contributed by atoms with Gasteiger partial charge in [-0.1, -0.05) is 0 Å². The van der Waals surface area contributed by atoms with E-state index in [0.29, 0.717) is 48.3 Å². The number of ether oxygens (including phenoxy) is 2. The molecule has 188 valence electrons. The van der Waals surface area contributed by atoms with Crippen molar-refractivity contribution in [3.8, 4) is 5.88 Å². The van der Waals surface area contributed by atoms with Crippen molar-refractivity contribution < 1.29 is 19.1 Å². The number of carbonyl (C=O) groups is 2. The lowest BCUT2D eigenvalue weighted by Crippen LogP contribution is -2.52. The Bertz CT molecular complexity index is 1350. The maximum Gasteiger partial charge on any atom is 0.340 e. The Labute approximate surface area is 209 Å². The van der Waals surface area contributed by atoms with Crippen LogP contribution in [0.5, 0.6) is 5.88 Å². The van der Waals surface area contributed by atoms with Gasteiger partial charge in [0, 0.05) is 24.4 Å². The summed E-state index contributed by atoms with van der Waals surface area (Å²) in [5.41, 5.74) is 1.22. The molecule has 1 fully saturated rings. The van der Waals surface area contributed by atoms with Gasteiger partial charge in [0.05, 0.1) is 29.7 Å². The molecule has 0 spiro atoms. The minimum Gasteiger partial charge on any atom is -0.470 e. The van der Waals surface area contributed by atoms with Crippen LogP contribution in [0.4, 0.5) is 11.6 Å². The van der Waals surface area contributed by atoms with Gasteiger partial charge in [0.15, 0.2) is 0 Å². The third kappa shape index (κ3) is 4.44. The summed E-state index contributed by atoms with van der Waals surface area (Å²) in [6.07, 6.45) is 4.82. The topological polar surface area (TPSA) is 119 Å². The molecule has 2 aliphatic rings. The van der Waals surface area contributed by atoms with Gasteiger partial charge in [-0.05, 0) is 63.9 Å². The number of anilines is 2. The molecule has 0 radical (unpaired) electrons. The first-order chi connectivity index (χ1) is 17.1. The molecule has 2 N–H and O–H groups in total. The molecule has 3 aromatic rings. The first-order valence-corrected chi connectivity index (χ1v) is 11.9. The van der Waals surface area contributed by atoms with Crippen molar-refractivity contribution in [1.82, 2.24) is 25.2 Å². The highest BCUT2D eigenvalue weighted by Gasteiger charge is 2.33. The summed E-state index contributed by atoms with van der Waals surface area (Å²) in [4.78, 5) is 38.7. The SMILES string of the molecule is CNC(C)(C)c1cnc(OC2CN(C=O)C2)c2cnc(Nc3ccc4c(n3)CC(C)(C)OC4=O)cc12. The van der Waals surface area contributed by atoms with E-state index in [1.165, 1.54) is 0 Å². The van der Waals surface area contributed by atoms with Crippen LogP contribution < -0.4 is 15.4 Å². The number of esters is 1. The molecule has 5 heterocycles. The van der Waals surface area contributed by atoms with Gasteiger partial charge in [0.25, 0.3) is 0 Å². The Hall–Kier alpha value is -3.79. The van der Waals surface area contributed by atoms with Crippen molar-refractivity contribution in [3.05, 3.63) is 47.4 Å². The van der Waals surface area contributed by atoms with E-state index in [1.807, 2.05) is 33.2 Å². The van der Waals surface area contributed by atoms with Gasteiger partial charge in [-0.3, -0.25) is 4.79 Å². The Kier molecular flexibility index (Phi) is 5.78. The number of carbonyl (C=O) groups excluding carboxylic acids is 2. The predicted octanol–water partition coefficient (Wildman–Crippen LogP) is 2.93. The van der Waals surface area contributed by atoms with E-state index in [2.05, 4.69) is 39.4 Å². The molecule has 1 saturated heterocycles. The second-order valence-corrected chi connectivity index (χ2v) is 10.4. The third-order valence-corrected chi connectivity index (χ3v) is 6.75. The van der Waals surface area contributed by atoms with E-state index in [9.17, 15) is 9.59 Å². The first kappa shape index (κ1) is 23.9. The standard InChI is InChI=1S/C26H30N6O4/c1-25(2)9-20-16(24(34)36-25)6-7-21(30-20)31-22-8-17-18(10-28-22)23(35-15-12-32(13-15)14-33)29-11-19(17)26(3,4)27-5/h6-8,10-11,14-15,27H,9,12-13H2,1-5H3,(H,28,30,31). The Balaban J connectivity index is 1.49. The maximum atomic E-state index is 12.3. The minimum atomic E-state index is -0.600. The van der Waals surface area contributed by atoms with E-state index < -0.39 is 5.60 Å². The lowest BCUT2D eigenvalue weighted by atomic mass is 9.92. The van der Waals surface area contributed by atoms with Crippen LogP contribution >= 0.6 is 0 Å². The zero-order valence-electron chi connectivity index (χ0n) is 21.1. The van der Waals surface area contributed by atoms with Crippen LogP contribution in [0.25, 0.3) is 10.8 Å². The van der Waals surface area contributed by atoms with Gasteiger partial charge in [-0.25, -0.2) is 19.7 Å². The van der Waals surface area contributed by atoms with Crippen LogP contribution in [-0.2, 0) is 21.5 Å². The number of hydrogen-bond acceptors (Lipinski definition) is 9. The van der Waals surface area contributed by atoms with E-state index in [-0.39, 0.29) is 17.6 Å². The third-order valence-electron chi connectivity index (χ3n) is 6.75. The van der Waals surface area contributed by atoms with Gasteiger partial charge in [0.2, 0.25) is 12.3 Å². The van der Waals surface area contributed by atoms with E-state index >= 15 is 0 Å². The Morgan fingerprint density at radius 1 is 1.17 bits per heavy atom. The first-order valence-electron chi connectivity index (χ1n) is 11.9. The fraction of sp³-hybridized carbons (Fsp3) is 0.423. The average Bonchev–Trinajstić information content (AvgIpc) is 2.79. The largest absolute Gasteiger partial charge is 0.470 e. The fourth-order valence-corrected chi connectivity index (χ4v) is 4.46. The number of nitrogens with one attached hydrogen (secondary N) is 2. The number of rotatable bonds is 7. The summed E-state index contributed by atoms with van der Waals surface area (Å²) in [7, 11) is 1.91. The fourth-order valence-electron chi connectivity index (χ4n) is 4.46. The lowest BCUT2D eigenvalue weighted by molar-refractivity contribution is -0.126. The highest BCUT2D eigenvalue weighted by atomic mass is 16.6. The molecule has 3 aromatic heterocycles. The molecule has 10 heteroatoms. The molecule has 0 unspecified atom stereocenters. The highest BCUT2D eigenvalue weighted by Crippen LogP contribution is 2.35. The van der Waals surface area contributed by atoms with Gasteiger partial charge < -0.3 is 25.0 Å². The molecular formula is C26H30N6O4. The van der Waals surface area contributed by atoms with Crippen LogP contribution in [0.2, 0.25) is 0 Å². The maximum absolute atomic E-state index is 12.3. The summed E-state index contributed by atoms with van der Waals surface area (Å²) in [6, 6.07) is 5.44. The van der Waals surface area contributed by atoms with E-state index in [0.717, 1.165) is 22.7 Å². The van der Waals surface area contributed by atoms with Crippen LogP contribution in [0, 0.1) is 0 Å². The number of cyclic esters (lactones) is 1. The van der Waals surface area contributed by atoms with Crippen molar-refractivity contribution in [2.24, 2.45) is 0 Å². The van der Waals surface area contributed by atoms with Crippen molar-refractivity contribution in [1.29, 1.82) is 0 Å². The smallest absolute Gasteiger partial charge is 0.340 e. The molecule has 0 saturated carbocycles. The zero-order valence-corrected chi connectivity index (χ0v) is 21.1. The van der Waals surface area contributed by atoms with E-state index in [4.69, 9.17) is 9.47 Å². The summed E-state index contributed by atoms with van der Waals surface area (Å²) < 4.78 is 11.6. The molecule has 36 heavy (non-hydrogen) atoms. The molecule has 5 rings (SSSR count). The molecule has 1 amide bonds. The number of nitrogens with zero attached hydrogens (tertiary/aromatic N) is 4. The summed E-state index contributed by atoms with van der Waals surface area (Å²) in [5.74, 6) is 1.33. The number of hydrogen-bond donors (Lipinski definition) is 2. The lowest BCUT2D eigenvalue weighted by Gasteiger charge is -2.36. The van der Waals surface area contributed by atoms with Crippen molar-refractivity contribution in [2.75, 3.05) is 25.5 Å². The second-order valence-electron chi connectivity index (χ2n) is 10.4. The molecule has 0 aromatic carbocycles. The van der Waals surface area contributed by atoms with Crippen LogP contribution in [0.3, 0.4) is 0 Å². The molecule has 0 atom stereocenters. The predicted molar refractivity (Wildman–Crippen MR) is 134 cm³/mol. The molecule has 2 aliphatic heterocycles. The van der Waals surface area contributed by atoms with E-state index in [1.54, 1.807) is 23.2 Å². The van der Waals surface area contributed by atoms with Crippen LogP contribution in [0.1, 0.15) is 49.3 Å².